The van der Waals surface area contributed by atoms with Gasteiger partial charge in [0, 0.05) is 19.5 Å². The predicted octanol–water partition coefficient (Wildman–Crippen LogP) is 0.520. The summed E-state index contributed by atoms with van der Waals surface area (Å²) in [5.41, 5.74) is 0.713. The summed E-state index contributed by atoms with van der Waals surface area (Å²) in [5.74, 6) is -1.02. The van der Waals surface area contributed by atoms with Gasteiger partial charge in [0.1, 0.15) is 11.9 Å². The number of rotatable bonds is 5. The predicted molar refractivity (Wildman–Crippen MR) is 87.6 cm³/mol. The van der Waals surface area contributed by atoms with Gasteiger partial charge >= 0.3 is 0 Å². The van der Waals surface area contributed by atoms with Crippen molar-refractivity contribution in [3.05, 3.63) is 35.6 Å². The van der Waals surface area contributed by atoms with Crippen LogP contribution in [0.3, 0.4) is 0 Å². The van der Waals surface area contributed by atoms with Crippen LogP contribution in [0.1, 0.15) is 18.9 Å². The fourth-order valence-corrected chi connectivity index (χ4v) is 3.73. The van der Waals surface area contributed by atoms with Crippen LogP contribution in [-0.2, 0) is 25.8 Å². The van der Waals surface area contributed by atoms with Crippen molar-refractivity contribution in [3.63, 3.8) is 0 Å². The molecule has 1 fully saturated rings. The van der Waals surface area contributed by atoms with E-state index in [1.54, 1.807) is 19.1 Å². The summed E-state index contributed by atoms with van der Waals surface area (Å²) in [6, 6.07) is 5.31. The molecule has 0 spiro atoms. The van der Waals surface area contributed by atoms with Gasteiger partial charge in [-0.15, -0.1) is 0 Å². The Labute approximate surface area is 140 Å². The van der Waals surface area contributed by atoms with Crippen molar-refractivity contribution >= 4 is 21.7 Å². The summed E-state index contributed by atoms with van der Waals surface area (Å²) in [6.45, 7) is 1.89. The third-order valence-corrected chi connectivity index (χ3v) is 5.54. The van der Waals surface area contributed by atoms with Gasteiger partial charge in [-0.1, -0.05) is 12.1 Å². The molecule has 1 N–H and O–H groups in total. The first-order chi connectivity index (χ1) is 11.3. The van der Waals surface area contributed by atoms with E-state index in [0.29, 0.717) is 12.0 Å². The third-order valence-electron chi connectivity index (χ3n) is 3.93. The van der Waals surface area contributed by atoms with Crippen LogP contribution in [0.5, 0.6) is 0 Å². The molecular formula is C16H21FN2O4S. The van der Waals surface area contributed by atoms with Crippen molar-refractivity contribution < 1.29 is 22.4 Å². The number of aryl methyl sites for hydroxylation is 1. The monoisotopic (exact) mass is 356 g/mol. The fourth-order valence-electron chi connectivity index (χ4n) is 2.53. The maximum Gasteiger partial charge on any atom is 0.244 e. The van der Waals surface area contributed by atoms with Gasteiger partial charge in [0.2, 0.25) is 11.8 Å². The van der Waals surface area contributed by atoms with Gasteiger partial charge in [-0.05, 0) is 31.0 Å². The largest absolute Gasteiger partial charge is 0.345 e. The molecule has 1 unspecified atom stereocenters. The van der Waals surface area contributed by atoms with Crippen LogP contribution in [0.2, 0.25) is 0 Å². The third kappa shape index (κ3) is 5.30. The van der Waals surface area contributed by atoms with E-state index in [1.807, 2.05) is 0 Å². The molecule has 1 aliphatic heterocycles. The Balaban J connectivity index is 1.79. The van der Waals surface area contributed by atoms with Crippen LogP contribution in [0.15, 0.2) is 24.3 Å². The normalized spacial score (nSPS) is 18.0. The van der Waals surface area contributed by atoms with Crippen molar-refractivity contribution in [2.45, 2.75) is 25.8 Å². The molecule has 132 valence electrons. The van der Waals surface area contributed by atoms with E-state index in [9.17, 15) is 22.4 Å². The Kier molecular flexibility index (Phi) is 5.93. The highest BCUT2D eigenvalue weighted by atomic mass is 32.2. The van der Waals surface area contributed by atoms with Crippen LogP contribution in [0.4, 0.5) is 4.39 Å². The van der Waals surface area contributed by atoms with Crippen LogP contribution in [-0.4, -0.2) is 55.8 Å². The molecule has 1 aliphatic rings. The zero-order chi connectivity index (χ0) is 17.7. The van der Waals surface area contributed by atoms with E-state index in [2.05, 4.69) is 5.32 Å². The average Bonchev–Trinajstić information content (AvgIpc) is 2.52. The molecule has 1 aromatic rings. The van der Waals surface area contributed by atoms with Gasteiger partial charge in [0.05, 0.1) is 11.5 Å². The first kappa shape index (κ1) is 18.4. The number of amides is 2. The molecule has 8 heteroatoms. The molecule has 2 rings (SSSR count). The Morgan fingerprint density at radius 3 is 2.58 bits per heavy atom. The number of nitrogens with zero attached hydrogens (tertiary/aromatic N) is 1. The van der Waals surface area contributed by atoms with Crippen LogP contribution >= 0.6 is 0 Å². The molecule has 2 amide bonds. The zero-order valence-corrected chi connectivity index (χ0v) is 14.3. The van der Waals surface area contributed by atoms with Crippen LogP contribution in [0.25, 0.3) is 0 Å². The van der Waals surface area contributed by atoms with Crippen molar-refractivity contribution in [2.24, 2.45) is 0 Å². The highest BCUT2D eigenvalue weighted by Gasteiger charge is 2.28. The lowest BCUT2D eigenvalue weighted by atomic mass is 10.1. The number of carbonyl (C=O) groups excluding carboxylic acids is 2. The first-order valence-electron chi connectivity index (χ1n) is 7.80. The van der Waals surface area contributed by atoms with E-state index < -0.39 is 15.9 Å². The molecule has 24 heavy (non-hydrogen) atoms. The van der Waals surface area contributed by atoms with Gasteiger partial charge in [0.25, 0.3) is 0 Å². The number of sulfone groups is 1. The van der Waals surface area contributed by atoms with Crippen molar-refractivity contribution in [1.82, 2.24) is 10.2 Å². The Bertz CT molecular complexity index is 707. The number of benzene rings is 1. The van der Waals surface area contributed by atoms with Crippen LogP contribution in [0, 0.1) is 5.82 Å². The van der Waals surface area contributed by atoms with E-state index in [1.165, 1.54) is 17.0 Å². The van der Waals surface area contributed by atoms with Crippen LogP contribution < -0.4 is 5.32 Å². The highest BCUT2D eigenvalue weighted by Crippen LogP contribution is 2.08. The Morgan fingerprint density at radius 2 is 1.96 bits per heavy atom. The van der Waals surface area contributed by atoms with E-state index in [-0.39, 0.29) is 48.6 Å². The number of carbonyl (C=O) groups is 2. The number of hydrogen-bond donors (Lipinski definition) is 1. The lowest BCUT2D eigenvalue weighted by Crippen LogP contribution is -2.51. The molecule has 1 saturated heterocycles. The minimum Gasteiger partial charge on any atom is -0.345 e. The Hall–Kier alpha value is -1.96. The highest BCUT2D eigenvalue weighted by molar-refractivity contribution is 7.91. The molecule has 1 atom stereocenters. The lowest BCUT2D eigenvalue weighted by molar-refractivity contribution is -0.135. The maximum absolute atomic E-state index is 13.1. The number of hydrogen-bond acceptors (Lipinski definition) is 4. The molecule has 0 bridgehead atoms. The molecule has 6 nitrogen and oxygen atoms in total. The SMILES string of the molecule is CC(NC(=O)CCc1cccc(F)c1)C(=O)N1CCS(=O)(=O)CC1. The number of halogens is 1. The topological polar surface area (TPSA) is 83.6 Å². The van der Waals surface area contributed by atoms with Gasteiger partial charge in [-0.3, -0.25) is 9.59 Å². The maximum atomic E-state index is 13.1. The summed E-state index contributed by atoms with van der Waals surface area (Å²) in [4.78, 5) is 25.6. The molecule has 1 heterocycles. The molecule has 0 aromatic heterocycles. The molecule has 0 saturated carbocycles. The minimum absolute atomic E-state index is 0.0427. The molecule has 0 aliphatic carbocycles. The van der Waals surface area contributed by atoms with Crippen molar-refractivity contribution in [3.8, 4) is 0 Å². The summed E-state index contributed by atoms with van der Waals surface area (Å²) in [5, 5.41) is 2.61. The molecular weight excluding hydrogens is 335 g/mol. The fraction of sp³-hybridized carbons (Fsp3) is 0.500. The summed E-state index contributed by atoms with van der Waals surface area (Å²) in [7, 11) is -3.05. The lowest BCUT2D eigenvalue weighted by Gasteiger charge is -2.29. The summed E-state index contributed by atoms with van der Waals surface area (Å²) >= 11 is 0. The van der Waals surface area contributed by atoms with Gasteiger partial charge in [-0.2, -0.15) is 0 Å². The van der Waals surface area contributed by atoms with Gasteiger partial charge in [0.15, 0.2) is 9.84 Å². The van der Waals surface area contributed by atoms with Gasteiger partial charge in [-0.25, -0.2) is 12.8 Å². The smallest absolute Gasteiger partial charge is 0.244 e. The van der Waals surface area contributed by atoms with E-state index >= 15 is 0 Å². The van der Waals surface area contributed by atoms with E-state index in [4.69, 9.17) is 0 Å². The zero-order valence-electron chi connectivity index (χ0n) is 13.5. The molecule has 1 aromatic carbocycles. The standard InChI is InChI=1S/C16H21FN2O4S/c1-12(16(21)19-7-9-24(22,23)10-8-19)18-15(20)6-5-13-3-2-4-14(17)11-13/h2-4,11-12H,5-10H2,1H3,(H,18,20). The summed E-state index contributed by atoms with van der Waals surface area (Å²) < 4.78 is 35.8. The summed E-state index contributed by atoms with van der Waals surface area (Å²) in [6.07, 6.45) is 0.530. The quantitative estimate of drug-likeness (QED) is 0.834. The minimum atomic E-state index is -3.05. The second-order valence-corrected chi connectivity index (χ2v) is 8.20. The first-order valence-corrected chi connectivity index (χ1v) is 9.62. The second-order valence-electron chi connectivity index (χ2n) is 5.90. The second kappa shape index (κ2) is 7.74. The Morgan fingerprint density at radius 1 is 1.29 bits per heavy atom. The number of nitrogens with one attached hydrogen (secondary N) is 1. The average molecular weight is 356 g/mol. The van der Waals surface area contributed by atoms with Crippen molar-refractivity contribution in [1.29, 1.82) is 0 Å². The van der Waals surface area contributed by atoms with Gasteiger partial charge < -0.3 is 10.2 Å². The van der Waals surface area contributed by atoms with Crippen molar-refractivity contribution in [2.75, 3.05) is 24.6 Å². The molecule has 0 radical (unpaired) electrons. The van der Waals surface area contributed by atoms with E-state index in [0.717, 1.165) is 0 Å².